The van der Waals surface area contributed by atoms with Crippen molar-refractivity contribution in [2.75, 3.05) is 6.61 Å². The molecule has 1 N–H and O–H groups in total. The van der Waals surface area contributed by atoms with Gasteiger partial charge in [0.2, 0.25) is 0 Å². The minimum atomic E-state index is -0.450. The Morgan fingerprint density at radius 3 is 2.94 bits per heavy atom. The van der Waals surface area contributed by atoms with Crippen molar-refractivity contribution in [3.05, 3.63) is 40.0 Å². The summed E-state index contributed by atoms with van der Waals surface area (Å²) in [5.41, 5.74) is 1.49. The van der Waals surface area contributed by atoms with Gasteiger partial charge in [-0.05, 0) is 19.1 Å². The molecule has 4 nitrogen and oxygen atoms in total. The van der Waals surface area contributed by atoms with Gasteiger partial charge in [0.15, 0.2) is 0 Å². The number of carbonyl (C=O) groups excluding carboxylic acids is 1. The highest BCUT2D eigenvalue weighted by atomic mass is 35.5. The van der Waals surface area contributed by atoms with Crippen LogP contribution in [0.25, 0.3) is 11.3 Å². The van der Waals surface area contributed by atoms with Crippen molar-refractivity contribution < 1.29 is 9.53 Å². The fourth-order valence-electron chi connectivity index (χ4n) is 1.47. The monoisotopic (exact) mass is 284 g/mol. The number of nitrogens with zero attached hydrogens (tertiary/aromatic N) is 1. The summed E-state index contributed by atoms with van der Waals surface area (Å²) in [4.78, 5) is 11.5. The highest BCUT2D eigenvalue weighted by Crippen LogP contribution is 2.32. The minimum absolute atomic E-state index is 0.280. The first-order chi connectivity index (χ1) is 8.63. The van der Waals surface area contributed by atoms with Crippen LogP contribution in [0, 0.1) is 0 Å². The predicted molar refractivity (Wildman–Crippen MR) is 70.0 cm³/mol. The van der Waals surface area contributed by atoms with E-state index in [1.54, 1.807) is 31.2 Å². The Morgan fingerprint density at radius 2 is 2.22 bits per heavy atom. The molecule has 2 rings (SSSR count). The Morgan fingerprint density at radius 1 is 1.44 bits per heavy atom. The quantitative estimate of drug-likeness (QED) is 0.877. The average molecular weight is 285 g/mol. The number of carbonyl (C=O) groups is 1. The van der Waals surface area contributed by atoms with Crippen molar-refractivity contribution in [3.63, 3.8) is 0 Å². The molecule has 18 heavy (non-hydrogen) atoms. The first kappa shape index (κ1) is 12.9. The molecule has 0 amide bonds. The number of benzene rings is 1. The van der Waals surface area contributed by atoms with Crippen LogP contribution >= 0.6 is 23.2 Å². The minimum Gasteiger partial charge on any atom is -0.461 e. The molecule has 0 radical (unpaired) electrons. The summed E-state index contributed by atoms with van der Waals surface area (Å²) in [6.45, 7) is 2.05. The molecule has 0 atom stereocenters. The van der Waals surface area contributed by atoms with Gasteiger partial charge in [-0.1, -0.05) is 35.3 Å². The number of aromatic amines is 1. The Kier molecular flexibility index (Phi) is 3.89. The average Bonchev–Trinajstić information content (AvgIpc) is 2.82. The second-order valence-electron chi connectivity index (χ2n) is 3.49. The third-order valence-electron chi connectivity index (χ3n) is 2.30. The van der Waals surface area contributed by atoms with Crippen LogP contribution in [0.3, 0.4) is 0 Å². The molecule has 1 aromatic heterocycles. The number of ether oxygens (including phenoxy) is 1. The topological polar surface area (TPSA) is 55.0 Å². The van der Waals surface area contributed by atoms with E-state index in [0.29, 0.717) is 27.9 Å². The summed E-state index contributed by atoms with van der Waals surface area (Å²) in [5.74, 6) is -0.450. The van der Waals surface area contributed by atoms with Gasteiger partial charge in [0.25, 0.3) is 0 Å². The maximum Gasteiger partial charge on any atom is 0.356 e. The molecule has 0 saturated heterocycles. The summed E-state index contributed by atoms with van der Waals surface area (Å²) >= 11 is 12.0. The lowest BCUT2D eigenvalue weighted by Gasteiger charge is -2.01. The molecule has 0 bridgehead atoms. The van der Waals surface area contributed by atoms with E-state index < -0.39 is 5.97 Å². The molecular weight excluding hydrogens is 275 g/mol. The van der Waals surface area contributed by atoms with E-state index in [1.165, 1.54) is 0 Å². The van der Waals surface area contributed by atoms with E-state index in [-0.39, 0.29) is 5.69 Å². The number of nitrogens with one attached hydrogen (secondary N) is 1. The van der Waals surface area contributed by atoms with Crippen molar-refractivity contribution in [3.8, 4) is 11.3 Å². The van der Waals surface area contributed by atoms with Crippen LogP contribution in [0.5, 0.6) is 0 Å². The van der Waals surface area contributed by atoms with Crippen molar-refractivity contribution >= 4 is 29.2 Å². The third-order valence-corrected chi connectivity index (χ3v) is 3.12. The van der Waals surface area contributed by atoms with E-state index in [1.807, 2.05) is 0 Å². The maximum absolute atomic E-state index is 11.5. The van der Waals surface area contributed by atoms with E-state index >= 15 is 0 Å². The Labute approximate surface area is 114 Å². The predicted octanol–water partition coefficient (Wildman–Crippen LogP) is 3.56. The molecule has 0 spiro atoms. The Balaban J connectivity index is 2.35. The molecule has 1 aromatic carbocycles. The van der Waals surface area contributed by atoms with Gasteiger partial charge in [0.1, 0.15) is 5.69 Å². The molecular formula is C12H10Cl2N2O2. The summed E-state index contributed by atoms with van der Waals surface area (Å²) < 4.78 is 4.86. The molecule has 0 aliphatic heterocycles. The van der Waals surface area contributed by atoms with Gasteiger partial charge in [-0.15, -0.1) is 0 Å². The number of rotatable bonds is 3. The van der Waals surface area contributed by atoms with Crippen LogP contribution in [0.1, 0.15) is 17.4 Å². The van der Waals surface area contributed by atoms with Crippen molar-refractivity contribution in [1.82, 2.24) is 10.2 Å². The number of aromatic nitrogens is 2. The highest BCUT2D eigenvalue weighted by Gasteiger charge is 2.14. The van der Waals surface area contributed by atoms with Gasteiger partial charge in [-0.2, -0.15) is 5.10 Å². The van der Waals surface area contributed by atoms with Crippen molar-refractivity contribution in [1.29, 1.82) is 0 Å². The molecule has 94 valence electrons. The lowest BCUT2D eigenvalue weighted by Crippen LogP contribution is -2.04. The number of H-pyrrole nitrogens is 1. The summed E-state index contributed by atoms with van der Waals surface area (Å²) in [5, 5.41) is 7.48. The standard InChI is InChI=1S/C12H10Cl2N2O2/c1-2-18-12(17)10-6-9(15-16-10)7-4-3-5-8(13)11(7)14/h3-6H,2H2,1H3,(H,15,16). The van der Waals surface area contributed by atoms with Gasteiger partial charge < -0.3 is 4.74 Å². The summed E-state index contributed by atoms with van der Waals surface area (Å²) in [7, 11) is 0. The van der Waals surface area contributed by atoms with Crippen molar-refractivity contribution in [2.45, 2.75) is 6.92 Å². The number of halogens is 2. The first-order valence-corrected chi connectivity index (χ1v) is 6.06. The molecule has 0 unspecified atom stereocenters. The smallest absolute Gasteiger partial charge is 0.356 e. The van der Waals surface area contributed by atoms with Gasteiger partial charge in [0, 0.05) is 5.56 Å². The molecule has 1 heterocycles. The second-order valence-corrected chi connectivity index (χ2v) is 4.27. The van der Waals surface area contributed by atoms with Crippen LogP contribution in [-0.2, 0) is 4.74 Å². The maximum atomic E-state index is 11.5. The number of hydrogen-bond acceptors (Lipinski definition) is 3. The molecule has 0 aliphatic carbocycles. The fourth-order valence-corrected chi connectivity index (χ4v) is 1.87. The van der Waals surface area contributed by atoms with Gasteiger partial charge in [0.05, 0.1) is 22.3 Å². The summed E-state index contributed by atoms with van der Waals surface area (Å²) in [6.07, 6.45) is 0. The molecule has 0 aliphatic rings. The van der Waals surface area contributed by atoms with E-state index in [2.05, 4.69) is 10.2 Å². The van der Waals surface area contributed by atoms with Crippen LogP contribution in [0.15, 0.2) is 24.3 Å². The lowest BCUT2D eigenvalue weighted by molar-refractivity contribution is 0.0519. The summed E-state index contributed by atoms with van der Waals surface area (Å²) in [6, 6.07) is 6.81. The second kappa shape index (κ2) is 5.42. The number of esters is 1. The van der Waals surface area contributed by atoms with Crippen LogP contribution < -0.4 is 0 Å². The van der Waals surface area contributed by atoms with Gasteiger partial charge in [-0.3, -0.25) is 5.10 Å². The van der Waals surface area contributed by atoms with E-state index in [9.17, 15) is 4.79 Å². The van der Waals surface area contributed by atoms with E-state index in [4.69, 9.17) is 27.9 Å². The van der Waals surface area contributed by atoms with Crippen LogP contribution in [0.4, 0.5) is 0 Å². The highest BCUT2D eigenvalue weighted by molar-refractivity contribution is 6.43. The van der Waals surface area contributed by atoms with Crippen LogP contribution in [-0.4, -0.2) is 22.8 Å². The zero-order chi connectivity index (χ0) is 13.1. The Bertz CT molecular complexity index is 581. The number of hydrogen-bond donors (Lipinski definition) is 1. The zero-order valence-electron chi connectivity index (χ0n) is 9.54. The molecule has 6 heteroatoms. The lowest BCUT2D eigenvalue weighted by atomic mass is 10.1. The molecule has 2 aromatic rings. The zero-order valence-corrected chi connectivity index (χ0v) is 11.0. The van der Waals surface area contributed by atoms with E-state index in [0.717, 1.165) is 0 Å². The molecule has 0 saturated carbocycles. The van der Waals surface area contributed by atoms with Crippen molar-refractivity contribution in [2.24, 2.45) is 0 Å². The third kappa shape index (κ3) is 2.49. The first-order valence-electron chi connectivity index (χ1n) is 5.30. The normalized spacial score (nSPS) is 10.4. The van der Waals surface area contributed by atoms with Gasteiger partial charge >= 0.3 is 5.97 Å². The fraction of sp³-hybridized carbons (Fsp3) is 0.167. The molecule has 0 fully saturated rings. The largest absolute Gasteiger partial charge is 0.461 e. The SMILES string of the molecule is CCOC(=O)c1cc(-c2cccc(Cl)c2Cl)n[nH]1. The Hall–Kier alpha value is -1.52. The van der Waals surface area contributed by atoms with Gasteiger partial charge in [-0.25, -0.2) is 4.79 Å². The van der Waals surface area contributed by atoms with Crippen LogP contribution in [0.2, 0.25) is 10.0 Å².